The first-order valence-electron chi connectivity index (χ1n) is 11.4. The summed E-state index contributed by atoms with van der Waals surface area (Å²) in [6, 6.07) is 31.1. The summed E-state index contributed by atoms with van der Waals surface area (Å²) in [5.41, 5.74) is 1.28. The van der Waals surface area contributed by atoms with E-state index >= 15 is 0 Å². The number of nitrogens with zero attached hydrogens (tertiary/aromatic N) is 1. The predicted octanol–water partition coefficient (Wildman–Crippen LogP) is 5.22. The zero-order valence-corrected chi connectivity index (χ0v) is 19.7. The third-order valence-corrected chi connectivity index (χ3v) is 5.93. The monoisotopic (exact) mass is 457 g/mol. The van der Waals surface area contributed by atoms with Crippen molar-refractivity contribution in [2.45, 2.75) is 18.7 Å². The number of benzene rings is 3. The zero-order chi connectivity index (χ0) is 23.8. The number of aliphatic hydroxyl groups is 1. The number of rotatable bonds is 11. The Morgan fingerprint density at radius 2 is 1.47 bits per heavy atom. The van der Waals surface area contributed by atoms with Gasteiger partial charge in [-0.3, -0.25) is 4.90 Å². The molecule has 1 aromatic heterocycles. The Kier molecular flexibility index (Phi) is 7.80. The second kappa shape index (κ2) is 11.2. The van der Waals surface area contributed by atoms with Crippen LogP contribution < -0.4 is 4.74 Å². The van der Waals surface area contributed by atoms with Gasteiger partial charge in [-0.2, -0.15) is 0 Å². The van der Waals surface area contributed by atoms with E-state index in [1.807, 2.05) is 91.0 Å². The molecule has 0 unspecified atom stereocenters. The number of hydrogen-bond acceptors (Lipinski definition) is 5. The van der Waals surface area contributed by atoms with Crippen molar-refractivity contribution >= 4 is 0 Å². The van der Waals surface area contributed by atoms with Gasteiger partial charge < -0.3 is 19.0 Å². The van der Waals surface area contributed by atoms with Crippen LogP contribution >= 0.6 is 0 Å². The fraction of sp³-hybridized carbons (Fsp3) is 0.241. The van der Waals surface area contributed by atoms with Gasteiger partial charge in [0.1, 0.15) is 17.3 Å². The van der Waals surface area contributed by atoms with Gasteiger partial charge in [-0.15, -0.1) is 0 Å². The molecule has 0 fully saturated rings. The van der Waals surface area contributed by atoms with E-state index in [1.165, 1.54) is 0 Å². The minimum atomic E-state index is -1.38. The predicted molar refractivity (Wildman–Crippen MR) is 133 cm³/mol. The second-order valence-corrected chi connectivity index (χ2v) is 8.26. The van der Waals surface area contributed by atoms with E-state index in [2.05, 4.69) is 11.0 Å². The van der Waals surface area contributed by atoms with Crippen LogP contribution in [0.1, 0.15) is 28.2 Å². The lowest BCUT2D eigenvalue weighted by molar-refractivity contribution is 0.0932. The molecule has 0 atom stereocenters. The number of hydrogen-bond donors (Lipinski definition) is 1. The molecule has 0 aliphatic rings. The number of furan rings is 1. The highest BCUT2D eigenvalue weighted by Gasteiger charge is 2.37. The molecule has 1 heterocycles. The van der Waals surface area contributed by atoms with Crippen molar-refractivity contribution in [1.29, 1.82) is 0 Å². The van der Waals surface area contributed by atoms with Crippen LogP contribution in [0, 0.1) is 0 Å². The highest BCUT2D eigenvalue weighted by molar-refractivity contribution is 5.43. The Labute approximate surface area is 201 Å². The fourth-order valence-corrected chi connectivity index (χ4v) is 4.15. The van der Waals surface area contributed by atoms with Crippen LogP contribution in [0.25, 0.3) is 0 Å². The fourth-order valence-electron chi connectivity index (χ4n) is 4.15. The molecule has 0 aliphatic heterocycles. The highest BCUT2D eigenvalue weighted by Crippen LogP contribution is 2.37. The maximum absolute atomic E-state index is 12.0. The standard InChI is InChI=1S/C29H31NO4/c1-32-19-18-30(21-23-10-9-15-26(20-23)33-2)22-27-16-17-28(34-27)29(31,24-11-5-3-6-12-24)25-13-7-4-8-14-25/h3-17,20,31H,18-19,21-22H2,1-2H3. The Hall–Kier alpha value is -3.38. The molecule has 1 N–H and O–H groups in total. The number of ether oxygens (including phenoxy) is 2. The van der Waals surface area contributed by atoms with E-state index in [1.54, 1.807) is 14.2 Å². The molecule has 0 radical (unpaired) electrons. The summed E-state index contributed by atoms with van der Waals surface area (Å²) in [7, 11) is 3.38. The van der Waals surface area contributed by atoms with Crippen LogP contribution in [0.3, 0.4) is 0 Å². The van der Waals surface area contributed by atoms with Crippen LogP contribution in [0.15, 0.2) is 101 Å². The van der Waals surface area contributed by atoms with Crippen LogP contribution in [-0.4, -0.2) is 37.4 Å². The van der Waals surface area contributed by atoms with E-state index in [4.69, 9.17) is 13.9 Å². The van der Waals surface area contributed by atoms with E-state index in [0.717, 1.165) is 41.3 Å². The highest BCUT2D eigenvalue weighted by atomic mass is 16.5. The molecule has 0 amide bonds. The van der Waals surface area contributed by atoms with Gasteiger partial charge in [0.25, 0.3) is 0 Å². The summed E-state index contributed by atoms with van der Waals surface area (Å²) < 4.78 is 17.0. The van der Waals surface area contributed by atoms with Gasteiger partial charge in [-0.1, -0.05) is 72.8 Å². The largest absolute Gasteiger partial charge is 0.497 e. The normalized spacial score (nSPS) is 11.6. The van der Waals surface area contributed by atoms with Crippen molar-refractivity contribution in [2.75, 3.05) is 27.4 Å². The van der Waals surface area contributed by atoms with Crippen LogP contribution in [0.2, 0.25) is 0 Å². The summed E-state index contributed by atoms with van der Waals surface area (Å²) in [6.45, 7) is 2.65. The van der Waals surface area contributed by atoms with E-state index in [-0.39, 0.29) is 0 Å². The van der Waals surface area contributed by atoms with E-state index in [9.17, 15) is 5.11 Å². The lowest BCUT2D eigenvalue weighted by Gasteiger charge is -2.27. The van der Waals surface area contributed by atoms with Gasteiger partial charge in [0, 0.05) is 20.2 Å². The first kappa shape index (κ1) is 23.8. The van der Waals surface area contributed by atoms with Gasteiger partial charge in [0.15, 0.2) is 5.60 Å². The minimum Gasteiger partial charge on any atom is -0.497 e. The van der Waals surface area contributed by atoms with E-state index in [0.29, 0.717) is 18.9 Å². The topological polar surface area (TPSA) is 55.1 Å². The quantitative estimate of drug-likeness (QED) is 0.335. The van der Waals surface area contributed by atoms with Crippen molar-refractivity contribution < 1.29 is 19.0 Å². The molecule has 0 saturated heterocycles. The molecule has 5 heteroatoms. The third kappa shape index (κ3) is 5.39. The lowest BCUT2D eigenvalue weighted by atomic mass is 9.84. The van der Waals surface area contributed by atoms with E-state index < -0.39 is 5.60 Å². The summed E-state index contributed by atoms with van der Waals surface area (Å²) in [5.74, 6) is 2.10. The Bertz CT molecular complexity index is 1120. The van der Waals surface area contributed by atoms with Gasteiger partial charge in [-0.25, -0.2) is 0 Å². The molecule has 0 spiro atoms. The minimum absolute atomic E-state index is 0.493. The van der Waals surface area contributed by atoms with Crippen LogP contribution in [0.4, 0.5) is 0 Å². The summed E-state index contributed by atoms with van der Waals surface area (Å²) in [5, 5.41) is 12.0. The van der Waals surface area contributed by atoms with Gasteiger partial charge in [0.05, 0.1) is 20.3 Å². The summed E-state index contributed by atoms with van der Waals surface area (Å²) in [6.07, 6.45) is 0. The maximum atomic E-state index is 12.0. The van der Waals surface area contributed by atoms with Crippen molar-refractivity contribution in [3.63, 3.8) is 0 Å². The first-order chi connectivity index (χ1) is 16.6. The Morgan fingerprint density at radius 1 is 0.794 bits per heavy atom. The van der Waals surface area contributed by atoms with Crippen molar-refractivity contribution in [2.24, 2.45) is 0 Å². The maximum Gasteiger partial charge on any atom is 0.173 e. The molecule has 0 saturated carbocycles. The van der Waals surface area contributed by atoms with Crippen molar-refractivity contribution in [3.8, 4) is 5.75 Å². The number of methoxy groups -OCH3 is 2. The average Bonchev–Trinajstić information content (AvgIpc) is 3.37. The molecule has 4 rings (SSSR count). The summed E-state index contributed by atoms with van der Waals surface area (Å²) >= 11 is 0. The van der Waals surface area contributed by atoms with Crippen LogP contribution in [-0.2, 0) is 23.4 Å². The lowest BCUT2D eigenvalue weighted by Crippen LogP contribution is -2.28. The summed E-state index contributed by atoms with van der Waals surface area (Å²) in [4.78, 5) is 2.25. The molecule has 5 nitrogen and oxygen atoms in total. The van der Waals surface area contributed by atoms with Crippen molar-refractivity contribution in [1.82, 2.24) is 4.90 Å². The molecular formula is C29H31NO4. The average molecular weight is 458 g/mol. The molecule has 0 bridgehead atoms. The smallest absolute Gasteiger partial charge is 0.173 e. The zero-order valence-electron chi connectivity index (χ0n) is 19.7. The molecule has 176 valence electrons. The first-order valence-corrected chi connectivity index (χ1v) is 11.4. The Balaban J connectivity index is 1.61. The SMILES string of the molecule is COCCN(Cc1cccc(OC)c1)Cc1ccc(C(O)(c2ccccc2)c2ccccc2)o1. The van der Waals surface area contributed by atoms with Gasteiger partial charge in [-0.05, 0) is 41.0 Å². The Morgan fingerprint density at radius 3 is 2.09 bits per heavy atom. The molecule has 3 aromatic carbocycles. The second-order valence-electron chi connectivity index (χ2n) is 8.26. The molecule has 34 heavy (non-hydrogen) atoms. The van der Waals surface area contributed by atoms with Crippen LogP contribution in [0.5, 0.6) is 5.75 Å². The molecular weight excluding hydrogens is 426 g/mol. The van der Waals surface area contributed by atoms with Gasteiger partial charge >= 0.3 is 0 Å². The van der Waals surface area contributed by atoms with Crippen molar-refractivity contribution in [3.05, 3.63) is 125 Å². The third-order valence-electron chi connectivity index (χ3n) is 5.93. The molecule has 0 aliphatic carbocycles. The molecule has 4 aromatic rings. The van der Waals surface area contributed by atoms with Gasteiger partial charge in [0.2, 0.25) is 0 Å².